The molecule has 3 rings (SSSR count). The summed E-state index contributed by atoms with van der Waals surface area (Å²) in [6.45, 7) is 1.23. The van der Waals surface area contributed by atoms with E-state index in [1.165, 1.54) is 6.33 Å². The van der Waals surface area contributed by atoms with E-state index < -0.39 is 24.5 Å². The van der Waals surface area contributed by atoms with Crippen LogP contribution in [0.15, 0.2) is 6.33 Å². The largest absolute Gasteiger partial charge is 0.470 e. The van der Waals surface area contributed by atoms with Crippen LogP contribution < -0.4 is 10.5 Å². The number of imidazole rings is 1. The van der Waals surface area contributed by atoms with Crippen molar-refractivity contribution in [2.75, 3.05) is 18.9 Å². The predicted octanol–water partition coefficient (Wildman–Crippen LogP) is -1.19. The zero-order chi connectivity index (χ0) is 16.6. The lowest BCUT2D eigenvalue weighted by Crippen LogP contribution is -2.24. The van der Waals surface area contributed by atoms with Crippen LogP contribution in [0.25, 0.3) is 11.2 Å². The maximum Gasteiger partial charge on any atom is 0.247 e. The minimum absolute atomic E-state index is 0.00311. The first-order valence-corrected chi connectivity index (χ1v) is 7.25. The second kappa shape index (κ2) is 6.24. The summed E-state index contributed by atoms with van der Waals surface area (Å²) in [4.78, 5) is 12.4. The van der Waals surface area contributed by atoms with Gasteiger partial charge in [0.25, 0.3) is 0 Å². The van der Waals surface area contributed by atoms with Gasteiger partial charge in [0.2, 0.25) is 11.8 Å². The normalized spacial score (nSPS) is 25.8. The van der Waals surface area contributed by atoms with Gasteiger partial charge in [-0.2, -0.15) is 9.97 Å². The van der Waals surface area contributed by atoms with E-state index >= 15 is 0 Å². The lowest BCUT2D eigenvalue weighted by Gasteiger charge is -2.14. The molecule has 1 fully saturated rings. The summed E-state index contributed by atoms with van der Waals surface area (Å²) < 4.78 is 12.7. The van der Waals surface area contributed by atoms with Crippen molar-refractivity contribution >= 4 is 17.1 Å². The van der Waals surface area contributed by atoms with Gasteiger partial charge in [-0.1, -0.05) is 0 Å². The fourth-order valence-electron chi connectivity index (χ4n) is 2.48. The fourth-order valence-corrected chi connectivity index (χ4v) is 2.48. The Kier molecular flexibility index (Phi) is 4.31. The molecule has 1 saturated heterocycles. The Hall–Kier alpha value is -2.01. The average molecular weight is 325 g/mol. The van der Waals surface area contributed by atoms with E-state index in [-0.39, 0.29) is 25.0 Å². The van der Waals surface area contributed by atoms with Crippen molar-refractivity contribution in [1.82, 2.24) is 19.5 Å². The smallest absolute Gasteiger partial charge is 0.247 e. The van der Waals surface area contributed by atoms with Crippen molar-refractivity contribution in [2.24, 2.45) is 0 Å². The van der Waals surface area contributed by atoms with Crippen LogP contribution in [0.5, 0.6) is 5.88 Å². The lowest BCUT2D eigenvalue weighted by molar-refractivity contribution is -0.0432. The number of hydrogen-bond donors (Lipinski definition) is 4. The monoisotopic (exact) mass is 325 g/mol. The molecule has 0 spiro atoms. The molecule has 1 aliphatic rings. The van der Waals surface area contributed by atoms with Gasteiger partial charge >= 0.3 is 0 Å². The highest BCUT2D eigenvalue weighted by Gasteiger charge is 2.35. The summed E-state index contributed by atoms with van der Waals surface area (Å²) >= 11 is 0. The molecular weight excluding hydrogens is 306 g/mol. The first-order valence-electron chi connectivity index (χ1n) is 7.25. The molecular formula is C13H19N5O5. The summed E-state index contributed by atoms with van der Waals surface area (Å²) in [5.74, 6) is 0.168. The van der Waals surface area contributed by atoms with Crippen LogP contribution in [0.3, 0.4) is 0 Å². The average Bonchev–Trinajstić information content (AvgIpc) is 3.10. The van der Waals surface area contributed by atoms with Gasteiger partial charge in [0.1, 0.15) is 18.4 Å². The quantitative estimate of drug-likeness (QED) is 0.532. The number of rotatable bonds is 5. The van der Waals surface area contributed by atoms with Gasteiger partial charge in [-0.25, -0.2) is 4.98 Å². The number of nitrogens with two attached hydrogens (primary N) is 1. The molecule has 2 aromatic heterocycles. The lowest BCUT2D eigenvalue weighted by atomic mass is 10.2. The van der Waals surface area contributed by atoms with Gasteiger partial charge in [0, 0.05) is 6.42 Å². The second-order valence-corrected chi connectivity index (χ2v) is 5.44. The molecule has 0 bridgehead atoms. The van der Waals surface area contributed by atoms with Crippen molar-refractivity contribution in [3.8, 4) is 5.88 Å². The van der Waals surface area contributed by atoms with Crippen LogP contribution in [0, 0.1) is 0 Å². The molecule has 5 N–H and O–H groups in total. The molecule has 3 heterocycles. The Morgan fingerprint density at radius 1 is 1.48 bits per heavy atom. The highest BCUT2D eigenvalue weighted by atomic mass is 16.5. The van der Waals surface area contributed by atoms with Gasteiger partial charge < -0.3 is 30.5 Å². The van der Waals surface area contributed by atoms with Crippen LogP contribution in [-0.2, 0) is 4.74 Å². The molecule has 1 aliphatic heterocycles. The second-order valence-electron chi connectivity index (χ2n) is 5.44. The third-order valence-electron chi connectivity index (χ3n) is 3.67. The zero-order valence-electron chi connectivity index (χ0n) is 12.5. The zero-order valence-corrected chi connectivity index (χ0v) is 12.5. The van der Waals surface area contributed by atoms with Gasteiger partial charge in [0.15, 0.2) is 11.2 Å². The van der Waals surface area contributed by atoms with E-state index in [0.29, 0.717) is 17.6 Å². The molecule has 126 valence electrons. The van der Waals surface area contributed by atoms with Crippen molar-refractivity contribution in [2.45, 2.75) is 37.9 Å². The molecule has 10 nitrogen and oxygen atoms in total. The first-order chi connectivity index (χ1) is 11.0. The van der Waals surface area contributed by atoms with Gasteiger partial charge in [0.05, 0.1) is 25.6 Å². The number of aliphatic hydroxyl groups excluding tert-OH is 3. The molecule has 2 aromatic rings. The van der Waals surface area contributed by atoms with Crippen molar-refractivity contribution in [3.05, 3.63) is 6.33 Å². The van der Waals surface area contributed by atoms with Crippen molar-refractivity contribution in [1.29, 1.82) is 0 Å². The number of hydrogen-bond acceptors (Lipinski definition) is 9. The number of ether oxygens (including phenoxy) is 2. The summed E-state index contributed by atoms with van der Waals surface area (Å²) in [5, 5.41) is 28.1. The summed E-state index contributed by atoms with van der Waals surface area (Å²) in [7, 11) is 0. The molecule has 4 unspecified atom stereocenters. The number of nitrogen functional groups attached to an aromatic ring is 1. The Morgan fingerprint density at radius 2 is 2.26 bits per heavy atom. The van der Waals surface area contributed by atoms with E-state index in [0.717, 1.165) is 0 Å². The molecule has 4 atom stereocenters. The maximum atomic E-state index is 9.86. The van der Waals surface area contributed by atoms with E-state index in [1.807, 2.05) is 0 Å². The van der Waals surface area contributed by atoms with Gasteiger partial charge in [-0.05, 0) is 6.92 Å². The van der Waals surface area contributed by atoms with Crippen molar-refractivity contribution in [3.63, 3.8) is 0 Å². The SMILES string of the molecule is CC(CO)Oc1nc(N)nc2c1ncn2C1CC(O)C(CO)O1. The highest BCUT2D eigenvalue weighted by Crippen LogP contribution is 2.32. The van der Waals surface area contributed by atoms with Crippen LogP contribution in [-0.4, -0.2) is 66.4 Å². The van der Waals surface area contributed by atoms with Crippen LogP contribution in [0.4, 0.5) is 5.95 Å². The molecule has 0 saturated carbocycles. The molecule has 0 radical (unpaired) electrons. The first kappa shape index (κ1) is 15.9. The summed E-state index contributed by atoms with van der Waals surface area (Å²) in [5.41, 5.74) is 6.49. The third-order valence-corrected chi connectivity index (χ3v) is 3.67. The predicted molar refractivity (Wildman–Crippen MR) is 78.5 cm³/mol. The van der Waals surface area contributed by atoms with Crippen LogP contribution >= 0.6 is 0 Å². The topological polar surface area (TPSA) is 149 Å². The van der Waals surface area contributed by atoms with Gasteiger partial charge in [-0.15, -0.1) is 0 Å². The Labute approximate surface area is 131 Å². The standard InChI is InChI=1S/C13H19N5O5/c1-6(3-19)22-12-10-11(16-13(14)17-12)18(5-15-10)9-2-7(21)8(4-20)23-9/h5-9,19-21H,2-4H2,1H3,(H2,14,16,17). The molecule has 10 heteroatoms. The fraction of sp³-hybridized carbons (Fsp3) is 0.615. The summed E-state index contributed by atoms with van der Waals surface area (Å²) in [6.07, 6.45) is -0.630. The minimum atomic E-state index is -0.772. The van der Waals surface area contributed by atoms with Crippen LogP contribution in [0.1, 0.15) is 19.6 Å². The van der Waals surface area contributed by atoms with E-state index in [1.54, 1.807) is 11.5 Å². The number of aliphatic hydroxyl groups is 3. The van der Waals surface area contributed by atoms with E-state index in [9.17, 15) is 10.2 Å². The van der Waals surface area contributed by atoms with Crippen molar-refractivity contribution < 1.29 is 24.8 Å². The number of aromatic nitrogens is 4. The van der Waals surface area contributed by atoms with E-state index in [4.69, 9.17) is 20.3 Å². The minimum Gasteiger partial charge on any atom is -0.470 e. The third kappa shape index (κ3) is 2.93. The highest BCUT2D eigenvalue weighted by molar-refractivity contribution is 5.77. The van der Waals surface area contributed by atoms with Gasteiger partial charge in [-0.3, -0.25) is 4.57 Å². The number of anilines is 1. The molecule has 0 aromatic carbocycles. The number of fused-ring (bicyclic) bond motifs is 1. The van der Waals surface area contributed by atoms with Crippen LogP contribution in [0.2, 0.25) is 0 Å². The Morgan fingerprint density at radius 3 is 2.91 bits per heavy atom. The summed E-state index contributed by atoms with van der Waals surface area (Å²) in [6, 6.07) is 0. The van der Waals surface area contributed by atoms with E-state index in [2.05, 4.69) is 15.0 Å². The Bertz CT molecular complexity index is 693. The number of nitrogens with zero attached hydrogens (tertiary/aromatic N) is 4. The Balaban J connectivity index is 1.97. The maximum absolute atomic E-state index is 9.86. The molecule has 23 heavy (non-hydrogen) atoms. The molecule has 0 aliphatic carbocycles. The molecule has 0 amide bonds.